The number of hydrogen-bond donors (Lipinski definition) is 2. The van der Waals surface area contributed by atoms with Gasteiger partial charge in [-0.05, 0) is 0 Å². The molecule has 0 amide bonds. The second-order valence-corrected chi connectivity index (χ2v) is 3.68. The average molecular weight is 242 g/mol. The van der Waals surface area contributed by atoms with Gasteiger partial charge in [0.1, 0.15) is 6.61 Å². The Morgan fingerprint density at radius 2 is 2.07 bits per heavy atom. The van der Waals surface area contributed by atoms with E-state index in [0.29, 0.717) is 0 Å². The van der Waals surface area contributed by atoms with E-state index in [-0.39, 0.29) is 13.1 Å². The highest BCUT2D eigenvalue weighted by Gasteiger charge is 2.19. The predicted octanol–water partition coefficient (Wildman–Crippen LogP) is -0.800. The summed E-state index contributed by atoms with van der Waals surface area (Å²) in [4.78, 5) is 37.1. The van der Waals surface area contributed by atoms with Gasteiger partial charge in [0.2, 0.25) is 0 Å². The monoisotopic (exact) mass is 242 g/mol. The van der Waals surface area contributed by atoms with Gasteiger partial charge in [0.05, 0.1) is 6.61 Å². The van der Waals surface area contributed by atoms with Gasteiger partial charge >= 0.3 is 13.8 Å². The lowest BCUT2D eigenvalue weighted by atomic mass is 10.4. The van der Waals surface area contributed by atoms with Gasteiger partial charge < -0.3 is 19.3 Å². The summed E-state index contributed by atoms with van der Waals surface area (Å²) in [5.41, 5.74) is 0. The van der Waals surface area contributed by atoms with Crippen LogP contribution in [0.1, 0.15) is 6.92 Å². The van der Waals surface area contributed by atoms with Crippen molar-refractivity contribution in [2.24, 2.45) is 0 Å². The summed E-state index contributed by atoms with van der Waals surface area (Å²) in [5, 5.41) is 0. The fourth-order valence-corrected chi connectivity index (χ4v) is 0.956. The van der Waals surface area contributed by atoms with Crippen LogP contribution in [0.15, 0.2) is 0 Å². The van der Waals surface area contributed by atoms with Crippen LogP contribution in [0, 0.1) is 0 Å². The maximum Gasteiger partial charge on any atom is 0.469 e. The summed E-state index contributed by atoms with van der Waals surface area (Å²) >= 11 is 0. The van der Waals surface area contributed by atoms with Crippen LogP contribution in [0.25, 0.3) is 0 Å². The smallest absolute Gasteiger partial charge is 0.462 e. The van der Waals surface area contributed by atoms with Gasteiger partial charge in [-0.15, -0.1) is 0 Å². The van der Waals surface area contributed by atoms with Crippen LogP contribution in [-0.2, 0) is 28.2 Å². The van der Waals surface area contributed by atoms with E-state index in [0.717, 1.165) is 6.92 Å². The van der Waals surface area contributed by atoms with E-state index >= 15 is 0 Å². The molecule has 0 aliphatic rings. The molecule has 0 saturated carbocycles. The molecule has 0 radical (unpaired) electrons. The van der Waals surface area contributed by atoms with Crippen molar-refractivity contribution in [2.45, 2.75) is 13.0 Å². The molecule has 2 N–H and O–H groups in total. The lowest BCUT2D eigenvalue weighted by molar-refractivity contribution is -0.151. The molecule has 0 spiro atoms. The van der Waals surface area contributed by atoms with Gasteiger partial charge in [-0.3, -0.25) is 14.1 Å². The van der Waals surface area contributed by atoms with Crippen molar-refractivity contribution in [3.63, 3.8) is 0 Å². The maximum absolute atomic E-state index is 10.4. The third kappa shape index (κ3) is 9.36. The van der Waals surface area contributed by atoms with Gasteiger partial charge in [0.15, 0.2) is 6.10 Å². The van der Waals surface area contributed by atoms with Gasteiger partial charge in [0.25, 0.3) is 6.47 Å². The van der Waals surface area contributed by atoms with Crippen molar-refractivity contribution in [1.29, 1.82) is 0 Å². The van der Waals surface area contributed by atoms with Crippen LogP contribution >= 0.6 is 7.82 Å². The molecule has 1 atom stereocenters. The van der Waals surface area contributed by atoms with Gasteiger partial charge in [0, 0.05) is 6.92 Å². The topological polar surface area (TPSA) is 119 Å². The first kappa shape index (κ1) is 14.1. The van der Waals surface area contributed by atoms with E-state index < -0.39 is 26.5 Å². The van der Waals surface area contributed by atoms with E-state index in [1.807, 2.05) is 0 Å². The van der Waals surface area contributed by atoms with Gasteiger partial charge in [-0.25, -0.2) is 4.57 Å². The van der Waals surface area contributed by atoms with Crippen LogP contribution in [0.3, 0.4) is 0 Å². The molecule has 0 fully saturated rings. The highest BCUT2D eigenvalue weighted by Crippen LogP contribution is 2.35. The number of carbonyl (C=O) groups excluding carboxylic acids is 2. The molecule has 0 aliphatic heterocycles. The van der Waals surface area contributed by atoms with Crippen LogP contribution in [0.4, 0.5) is 0 Å². The quantitative estimate of drug-likeness (QED) is 0.338. The SMILES string of the molecule is CC(=O)OC[C@H](COP(=O)(O)O)OC=O. The number of phosphoric ester groups is 1. The van der Waals surface area contributed by atoms with E-state index in [1.54, 1.807) is 0 Å². The molecule has 0 bridgehead atoms. The Bertz CT molecular complexity index is 258. The average Bonchev–Trinajstić information content (AvgIpc) is 2.08. The molecule has 0 aromatic heterocycles. The van der Waals surface area contributed by atoms with Crippen LogP contribution in [0.2, 0.25) is 0 Å². The Balaban J connectivity index is 3.98. The molecule has 8 nitrogen and oxygen atoms in total. The molecule has 88 valence electrons. The summed E-state index contributed by atoms with van der Waals surface area (Å²) in [6, 6.07) is 0. The van der Waals surface area contributed by atoms with Crippen molar-refractivity contribution < 1.29 is 37.9 Å². The highest BCUT2D eigenvalue weighted by molar-refractivity contribution is 7.46. The first-order valence-corrected chi connectivity index (χ1v) is 5.30. The Labute approximate surface area is 85.4 Å². The Morgan fingerprint density at radius 1 is 1.47 bits per heavy atom. The van der Waals surface area contributed by atoms with Crippen LogP contribution in [-0.4, -0.2) is 41.5 Å². The predicted molar refractivity (Wildman–Crippen MR) is 45.6 cm³/mol. The molecule has 0 unspecified atom stereocenters. The largest absolute Gasteiger partial charge is 0.469 e. The Hall–Kier alpha value is -0.950. The standard InChI is InChI=1S/C6H11O8P/c1-5(8)12-2-6(13-4-7)3-14-15(9,10)11/h4,6H,2-3H2,1H3,(H2,9,10,11)/t6-/m1/s1. The first-order chi connectivity index (χ1) is 6.85. The fraction of sp³-hybridized carbons (Fsp3) is 0.667. The molecule has 0 aliphatic carbocycles. The van der Waals surface area contributed by atoms with Crippen molar-refractivity contribution in [1.82, 2.24) is 0 Å². The number of carbonyl (C=O) groups is 2. The molecular weight excluding hydrogens is 231 g/mol. The molecule has 15 heavy (non-hydrogen) atoms. The maximum atomic E-state index is 10.4. The van der Waals surface area contributed by atoms with E-state index in [4.69, 9.17) is 9.79 Å². The van der Waals surface area contributed by atoms with E-state index in [9.17, 15) is 14.2 Å². The number of ether oxygens (including phenoxy) is 2. The molecule has 0 aromatic carbocycles. The van der Waals surface area contributed by atoms with Crippen LogP contribution < -0.4 is 0 Å². The zero-order valence-corrected chi connectivity index (χ0v) is 8.75. The zero-order chi connectivity index (χ0) is 11.9. The number of hydrogen-bond acceptors (Lipinski definition) is 6. The second-order valence-electron chi connectivity index (χ2n) is 2.44. The molecule has 0 rings (SSSR count). The summed E-state index contributed by atoms with van der Waals surface area (Å²) < 4.78 is 23.2. The third-order valence-electron chi connectivity index (χ3n) is 1.15. The molecule has 9 heteroatoms. The van der Waals surface area contributed by atoms with Gasteiger partial charge in [-0.1, -0.05) is 0 Å². The minimum Gasteiger partial charge on any atom is -0.462 e. The lowest BCUT2D eigenvalue weighted by Gasteiger charge is -2.14. The van der Waals surface area contributed by atoms with Crippen molar-refractivity contribution in [3.05, 3.63) is 0 Å². The minimum atomic E-state index is -4.63. The molecular formula is C6H11O8P. The summed E-state index contributed by atoms with van der Waals surface area (Å²) in [5.74, 6) is -0.606. The van der Waals surface area contributed by atoms with E-state index in [1.165, 1.54) is 0 Å². The molecule has 0 heterocycles. The fourth-order valence-electron chi connectivity index (χ4n) is 0.596. The van der Waals surface area contributed by atoms with Crippen molar-refractivity contribution >= 4 is 20.3 Å². The summed E-state index contributed by atoms with van der Waals surface area (Å²) in [6.45, 7) is 0.323. The first-order valence-electron chi connectivity index (χ1n) is 3.77. The lowest BCUT2D eigenvalue weighted by Crippen LogP contribution is -2.25. The summed E-state index contributed by atoms with van der Waals surface area (Å²) in [7, 11) is -4.63. The zero-order valence-electron chi connectivity index (χ0n) is 7.86. The normalized spacial score (nSPS) is 13.0. The van der Waals surface area contributed by atoms with E-state index in [2.05, 4.69) is 14.0 Å². The molecule has 0 aromatic rings. The molecule has 0 saturated heterocycles. The highest BCUT2D eigenvalue weighted by atomic mass is 31.2. The minimum absolute atomic E-state index is 0.0667. The Morgan fingerprint density at radius 3 is 2.47 bits per heavy atom. The Kier molecular flexibility index (Phi) is 6.11. The van der Waals surface area contributed by atoms with Crippen molar-refractivity contribution in [2.75, 3.05) is 13.2 Å². The number of esters is 1. The number of phosphoric acid groups is 1. The summed E-state index contributed by atoms with van der Waals surface area (Å²) in [6.07, 6.45) is -1.04. The van der Waals surface area contributed by atoms with Gasteiger partial charge in [-0.2, -0.15) is 0 Å². The number of rotatable bonds is 7. The van der Waals surface area contributed by atoms with Crippen LogP contribution in [0.5, 0.6) is 0 Å². The third-order valence-corrected chi connectivity index (χ3v) is 1.63. The van der Waals surface area contributed by atoms with Crippen molar-refractivity contribution in [3.8, 4) is 0 Å². The second kappa shape index (κ2) is 6.52.